The zero-order chi connectivity index (χ0) is 16.9. The Morgan fingerprint density at radius 3 is 2.43 bits per heavy atom. The Kier molecular flexibility index (Phi) is 11.1. The van der Waals surface area contributed by atoms with Crippen molar-refractivity contribution in [2.75, 3.05) is 0 Å². The molecule has 1 rings (SSSR count). The van der Waals surface area contributed by atoms with Crippen LogP contribution in [0, 0.1) is 11.8 Å². The monoisotopic (exact) mass is 324 g/mol. The lowest BCUT2D eigenvalue weighted by atomic mass is 9.86. The summed E-state index contributed by atoms with van der Waals surface area (Å²) in [5, 5.41) is 18.8. The topological polar surface area (TPSA) is 57.5 Å². The average molecular weight is 325 g/mol. The fourth-order valence-corrected chi connectivity index (χ4v) is 3.93. The van der Waals surface area contributed by atoms with Gasteiger partial charge in [0.05, 0.1) is 6.10 Å². The summed E-state index contributed by atoms with van der Waals surface area (Å²) in [6.45, 7) is 2.25. The molecule has 0 aliphatic heterocycles. The number of aliphatic hydroxyl groups is 1. The SMILES string of the molecule is CCCCCCCC[C@H]1CC[C@H](O)[C@@H]1CCCCC=CC(=O)O. The first kappa shape index (κ1) is 20.2. The Hall–Kier alpha value is -0.830. The van der Waals surface area contributed by atoms with Crippen molar-refractivity contribution in [3.05, 3.63) is 12.2 Å². The molecule has 1 saturated carbocycles. The number of unbranched alkanes of at least 4 members (excludes halogenated alkanes) is 7. The number of allylic oxidation sites excluding steroid dienone is 1. The van der Waals surface area contributed by atoms with Gasteiger partial charge in [0.1, 0.15) is 0 Å². The van der Waals surface area contributed by atoms with Crippen molar-refractivity contribution in [2.45, 2.75) is 96.5 Å². The number of carboxylic acids is 1. The van der Waals surface area contributed by atoms with Crippen LogP contribution in [0.4, 0.5) is 0 Å². The van der Waals surface area contributed by atoms with Crippen LogP contribution in [0.15, 0.2) is 12.2 Å². The molecule has 1 fully saturated rings. The van der Waals surface area contributed by atoms with Gasteiger partial charge >= 0.3 is 5.97 Å². The molecule has 0 heterocycles. The van der Waals surface area contributed by atoms with Crippen LogP contribution >= 0.6 is 0 Å². The van der Waals surface area contributed by atoms with E-state index in [1.54, 1.807) is 6.08 Å². The number of carboxylic acid groups (broad SMARTS) is 1. The summed E-state index contributed by atoms with van der Waals surface area (Å²) >= 11 is 0. The maximum atomic E-state index is 10.4. The Balaban J connectivity index is 2.14. The standard InChI is InChI=1S/C20H36O3/c1-2-3-4-5-6-9-12-17-15-16-19(21)18(17)13-10-7-8-11-14-20(22)23/h11,14,17-19,21H,2-10,12-13,15-16H2,1H3,(H,22,23)/t17-,18+,19-/m0/s1. The maximum absolute atomic E-state index is 10.4. The first-order valence-electron chi connectivity index (χ1n) is 9.72. The van der Waals surface area contributed by atoms with E-state index in [9.17, 15) is 9.90 Å². The smallest absolute Gasteiger partial charge is 0.327 e. The number of rotatable bonds is 13. The number of hydrogen-bond donors (Lipinski definition) is 2. The minimum absolute atomic E-state index is 0.102. The molecule has 1 aliphatic carbocycles. The number of carbonyl (C=O) groups is 1. The zero-order valence-electron chi connectivity index (χ0n) is 14.9. The summed E-state index contributed by atoms with van der Waals surface area (Å²) in [6.07, 6.45) is 18.4. The molecule has 0 spiro atoms. The van der Waals surface area contributed by atoms with E-state index >= 15 is 0 Å². The summed E-state index contributed by atoms with van der Waals surface area (Å²) < 4.78 is 0. The molecule has 0 amide bonds. The van der Waals surface area contributed by atoms with Gasteiger partial charge in [-0.25, -0.2) is 4.79 Å². The van der Waals surface area contributed by atoms with Gasteiger partial charge in [-0.1, -0.05) is 64.4 Å². The van der Waals surface area contributed by atoms with Gasteiger partial charge < -0.3 is 10.2 Å². The van der Waals surface area contributed by atoms with E-state index in [-0.39, 0.29) is 6.10 Å². The molecule has 3 heteroatoms. The van der Waals surface area contributed by atoms with Crippen molar-refractivity contribution in [2.24, 2.45) is 11.8 Å². The number of hydrogen-bond acceptors (Lipinski definition) is 2. The van der Waals surface area contributed by atoms with Crippen LogP contribution in [-0.4, -0.2) is 22.3 Å². The third kappa shape index (κ3) is 9.14. The van der Waals surface area contributed by atoms with Crippen LogP contribution in [0.1, 0.15) is 90.4 Å². The predicted molar refractivity (Wildman–Crippen MR) is 95.5 cm³/mol. The lowest BCUT2D eigenvalue weighted by Gasteiger charge is -2.22. The largest absolute Gasteiger partial charge is 0.478 e. The van der Waals surface area contributed by atoms with Gasteiger partial charge in [-0.2, -0.15) is 0 Å². The molecule has 0 unspecified atom stereocenters. The third-order valence-corrected chi connectivity index (χ3v) is 5.28. The van der Waals surface area contributed by atoms with Crippen LogP contribution in [0.5, 0.6) is 0 Å². The van der Waals surface area contributed by atoms with Crippen LogP contribution in [0.3, 0.4) is 0 Å². The lowest BCUT2D eigenvalue weighted by Crippen LogP contribution is -2.19. The van der Waals surface area contributed by atoms with Crippen molar-refractivity contribution < 1.29 is 15.0 Å². The van der Waals surface area contributed by atoms with Crippen molar-refractivity contribution >= 4 is 5.97 Å². The molecular formula is C20H36O3. The highest BCUT2D eigenvalue weighted by Crippen LogP contribution is 2.38. The molecule has 0 aromatic carbocycles. The molecule has 23 heavy (non-hydrogen) atoms. The minimum Gasteiger partial charge on any atom is -0.478 e. The van der Waals surface area contributed by atoms with Gasteiger partial charge in [0.2, 0.25) is 0 Å². The van der Waals surface area contributed by atoms with Crippen LogP contribution in [-0.2, 0) is 4.79 Å². The minimum atomic E-state index is -0.866. The number of aliphatic carboxylic acids is 1. The second-order valence-electron chi connectivity index (χ2n) is 7.15. The van der Waals surface area contributed by atoms with E-state index < -0.39 is 5.97 Å². The highest BCUT2D eigenvalue weighted by atomic mass is 16.4. The molecular weight excluding hydrogens is 288 g/mol. The molecule has 1 aliphatic rings. The first-order chi connectivity index (χ1) is 11.1. The molecule has 3 nitrogen and oxygen atoms in total. The van der Waals surface area contributed by atoms with Gasteiger partial charge in [0.15, 0.2) is 0 Å². The average Bonchev–Trinajstić information content (AvgIpc) is 2.86. The Morgan fingerprint density at radius 2 is 1.70 bits per heavy atom. The van der Waals surface area contributed by atoms with E-state index in [4.69, 9.17) is 5.11 Å². The van der Waals surface area contributed by atoms with E-state index in [0.29, 0.717) is 11.8 Å². The van der Waals surface area contributed by atoms with Crippen molar-refractivity contribution in [3.63, 3.8) is 0 Å². The summed E-state index contributed by atoms with van der Waals surface area (Å²) in [5.41, 5.74) is 0. The fraction of sp³-hybridized carbons (Fsp3) is 0.850. The van der Waals surface area contributed by atoms with Crippen molar-refractivity contribution in [3.8, 4) is 0 Å². The Labute approximate surface area is 142 Å². The molecule has 0 saturated heterocycles. The summed E-state index contributed by atoms with van der Waals surface area (Å²) in [7, 11) is 0. The van der Waals surface area contributed by atoms with Gasteiger partial charge in [-0.05, 0) is 43.9 Å². The van der Waals surface area contributed by atoms with Gasteiger partial charge in [-0.3, -0.25) is 0 Å². The zero-order valence-corrected chi connectivity index (χ0v) is 14.9. The Morgan fingerprint density at radius 1 is 1.00 bits per heavy atom. The van der Waals surface area contributed by atoms with E-state index in [0.717, 1.165) is 32.1 Å². The van der Waals surface area contributed by atoms with Crippen LogP contribution in [0.25, 0.3) is 0 Å². The van der Waals surface area contributed by atoms with Gasteiger partial charge in [0.25, 0.3) is 0 Å². The summed E-state index contributed by atoms with van der Waals surface area (Å²) in [4.78, 5) is 10.4. The van der Waals surface area contributed by atoms with Crippen LogP contribution in [0.2, 0.25) is 0 Å². The molecule has 0 aromatic rings. The van der Waals surface area contributed by atoms with Crippen LogP contribution < -0.4 is 0 Å². The van der Waals surface area contributed by atoms with Gasteiger partial charge in [0, 0.05) is 6.08 Å². The Bertz CT molecular complexity index is 338. The quantitative estimate of drug-likeness (QED) is 0.356. The number of aliphatic hydroxyl groups excluding tert-OH is 1. The molecule has 0 aromatic heterocycles. The van der Waals surface area contributed by atoms with E-state index in [2.05, 4.69) is 6.92 Å². The van der Waals surface area contributed by atoms with Gasteiger partial charge in [-0.15, -0.1) is 0 Å². The molecule has 3 atom stereocenters. The molecule has 2 N–H and O–H groups in total. The predicted octanol–water partition coefficient (Wildman–Crippen LogP) is 5.33. The van der Waals surface area contributed by atoms with E-state index in [1.165, 1.54) is 57.4 Å². The molecule has 0 bridgehead atoms. The van der Waals surface area contributed by atoms with Crippen molar-refractivity contribution in [1.82, 2.24) is 0 Å². The highest BCUT2D eigenvalue weighted by molar-refractivity contribution is 5.79. The third-order valence-electron chi connectivity index (χ3n) is 5.28. The molecule has 0 radical (unpaired) electrons. The molecule has 134 valence electrons. The summed E-state index contributed by atoms with van der Waals surface area (Å²) in [5.74, 6) is 0.329. The normalized spacial score (nSPS) is 24.5. The first-order valence-corrected chi connectivity index (χ1v) is 9.72. The highest BCUT2D eigenvalue weighted by Gasteiger charge is 2.33. The summed E-state index contributed by atoms with van der Waals surface area (Å²) in [6, 6.07) is 0. The second-order valence-corrected chi connectivity index (χ2v) is 7.15. The maximum Gasteiger partial charge on any atom is 0.327 e. The van der Waals surface area contributed by atoms with E-state index in [1.807, 2.05) is 0 Å². The second kappa shape index (κ2) is 12.6. The fourth-order valence-electron chi connectivity index (χ4n) is 3.93. The lowest BCUT2D eigenvalue weighted by molar-refractivity contribution is -0.131. The van der Waals surface area contributed by atoms with Crippen molar-refractivity contribution in [1.29, 1.82) is 0 Å².